The SMILES string of the molecule is CC[C@H](O)C1COC(C)=N1. The Labute approximate surface area is 60.7 Å². The van der Waals surface area contributed by atoms with E-state index in [0.717, 1.165) is 6.42 Å². The van der Waals surface area contributed by atoms with Crippen LogP contribution >= 0.6 is 0 Å². The highest BCUT2D eigenvalue weighted by molar-refractivity contribution is 5.74. The van der Waals surface area contributed by atoms with Crippen molar-refractivity contribution in [3.05, 3.63) is 0 Å². The molecule has 1 N–H and O–H groups in total. The first kappa shape index (κ1) is 7.54. The van der Waals surface area contributed by atoms with E-state index in [1.54, 1.807) is 0 Å². The minimum atomic E-state index is -0.336. The summed E-state index contributed by atoms with van der Waals surface area (Å²) in [6.07, 6.45) is 0.405. The van der Waals surface area contributed by atoms with Crippen molar-refractivity contribution in [3.63, 3.8) is 0 Å². The van der Waals surface area contributed by atoms with Crippen molar-refractivity contribution in [2.45, 2.75) is 32.4 Å². The smallest absolute Gasteiger partial charge is 0.180 e. The van der Waals surface area contributed by atoms with Crippen LogP contribution in [0.15, 0.2) is 4.99 Å². The highest BCUT2D eigenvalue weighted by Crippen LogP contribution is 2.10. The summed E-state index contributed by atoms with van der Waals surface area (Å²) < 4.78 is 5.08. The largest absolute Gasteiger partial charge is 0.479 e. The van der Waals surface area contributed by atoms with E-state index in [9.17, 15) is 5.11 Å². The van der Waals surface area contributed by atoms with Crippen molar-refractivity contribution in [2.24, 2.45) is 4.99 Å². The first-order chi connectivity index (χ1) is 4.74. The van der Waals surface area contributed by atoms with Gasteiger partial charge in [-0.05, 0) is 6.42 Å². The minimum absolute atomic E-state index is 0.0231. The number of hydrogen-bond acceptors (Lipinski definition) is 3. The fourth-order valence-corrected chi connectivity index (χ4v) is 0.983. The lowest BCUT2D eigenvalue weighted by molar-refractivity contribution is 0.125. The third-order valence-electron chi connectivity index (χ3n) is 1.67. The van der Waals surface area contributed by atoms with Gasteiger partial charge in [0.2, 0.25) is 0 Å². The average Bonchev–Trinajstić information content (AvgIpc) is 2.34. The van der Waals surface area contributed by atoms with Gasteiger partial charge in [-0.1, -0.05) is 6.92 Å². The summed E-state index contributed by atoms with van der Waals surface area (Å²) in [6.45, 7) is 4.29. The van der Waals surface area contributed by atoms with Crippen LogP contribution in [0.25, 0.3) is 0 Å². The standard InChI is InChI=1S/C7H13NO2/c1-3-7(9)6-4-10-5(2)8-6/h6-7,9H,3-4H2,1-2H3/t6?,7-/m0/s1. The van der Waals surface area contributed by atoms with E-state index in [1.807, 2.05) is 13.8 Å². The maximum absolute atomic E-state index is 9.29. The van der Waals surface area contributed by atoms with Gasteiger partial charge in [-0.15, -0.1) is 0 Å². The Hall–Kier alpha value is -0.570. The lowest BCUT2D eigenvalue weighted by atomic mass is 10.1. The van der Waals surface area contributed by atoms with Crippen molar-refractivity contribution >= 4 is 5.90 Å². The molecule has 1 aliphatic rings. The number of nitrogens with zero attached hydrogens (tertiary/aromatic N) is 1. The second-order valence-electron chi connectivity index (χ2n) is 2.50. The molecule has 3 heteroatoms. The van der Waals surface area contributed by atoms with E-state index in [4.69, 9.17) is 4.74 Å². The molecule has 0 fully saturated rings. The van der Waals surface area contributed by atoms with Gasteiger partial charge in [-0.3, -0.25) is 0 Å². The summed E-state index contributed by atoms with van der Waals surface area (Å²) in [5.41, 5.74) is 0. The third kappa shape index (κ3) is 1.48. The molecule has 10 heavy (non-hydrogen) atoms. The lowest BCUT2D eigenvalue weighted by Gasteiger charge is -2.10. The predicted octanol–water partition coefficient (Wildman–Crippen LogP) is 0.575. The summed E-state index contributed by atoms with van der Waals surface area (Å²) in [6, 6.07) is -0.0231. The molecule has 0 radical (unpaired) electrons. The van der Waals surface area contributed by atoms with Gasteiger partial charge >= 0.3 is 0 Å². The number of aliphatic imine (C=N–C) groups is 1. The summed E-state index contributed by atoms with van der Waals surface area (Å²) >= 11 is 0. The van der Waals surface area contributed by atoms with Crippen LogP contribution in [0.2, 0.25) is 0 Å². The van der Waals surface area contributed by atoms with Gasteiger partial charge in [-0.25, -0.2) is 4.99 Å². The number of ether oxygens (including phenoxy) is 1. The van der Waals surface area contributed by atoms with Crippen LogP contribution in [0.5, 0.6) is 0 Å². The highest BCUT2D eigenvalue weighted by Gasteiger charge is 2.22. The average molecular weight is 143 g/mol. The molecule has 0 saturated carbocycles. The molecule has 0 aromatic rings. The van der Waals surface area contributed by atoms with Crippen molar-refractivity contribution in [1.82, 2.24) is 0 Å². The van der Waals surface area contributed by atoms with Crippen LogP contribution in [0.4, 0.5) is 0 Å². The number of hydrogen-bond donors (Lipinski definition) is 1. The normalized spacial score (nSPS) is 27.5. The molecule has 0 aromatic carbocycles. The third-order valence-corrected chi connectivity index (χ3v) is 1.67. The Kier molecular flexibility index (Phi) is 2.27. The molecule has 1 aliphatic heterocycles. The van der Waals surface area contributed by atoms with Crippen molar-refractivity contribution in [2.75, 3.05) is 6.61 Å². The maximum atomic E-state index is 9.29. The quantitative estimate of drug-likeness (QED) is 0.614. The summed E-state index contributed by atoms with van der Waals surface area (Å²) in [7, 11) is 0. The van der Waals surface area contributed by atoms with Gasteiger partial charge in [0, 0.05) is 6.92 Å². The van der Waals surface area contributed by atoms with E-state index in [1.165, 1.54) is 0 Å². The Morgan fingerprint density at radius 1 is 1.90 bits per heavy atom. The van der Waals surface area contributed by atoms with Gasteiger partial charge in [0.15, 0.2) is 5.90 Å². The van der Waals surface area contributed by atoms with Crippen molar-refractivity contribution in [1.29, 1.82) is 0 Å². The van der Waals surface area contributed by atoms with E-state index in [-0.39, 0.29) is 12.1 Å². The highest BCUT2D eigenvalue weighted by atomic mass is 16.5. The molecular weight excluding hydrogens is 130 g/mol. The van der Waals surface area contributed by atoms with Crippen LogP contribution in [0.1, 0.15) is 20.3 Å². The molecule has 58 valence electrons. The van der Waals surface area contributed by atoms with Gasteiger partial charge < -0.3 is 9.84 Å². The Morgan fingerprint density at radius 2 is 2.60 bits per heavy atom. The van der Waals surface area contributed by atoms with Crippen LogP contribution in [-0.2, 0) is 4.74 Å². The van der Waals surface area contributed by atoms with Crippen molar-refractivity contribution in [3.8, 4) is 0 Å². The Morgan fingerprint density at radius 3 is 3.00 bits per heavy atom. The zero-order valence-corrected chi connectivity index (χ0v) is 6.37. The van der Waals surface area contributed by atoms with E-state index < -0.39 is 0 Å². The van der Waals surface area contributed by atoms with Crippen molar-refractivity contribution < 1.29 is 9.84 Å². The second kappa shape index (κ2) is 3.01. The maximum Gasteiger partial charge on any atom is 0.180 e. The lowest BCUT2D eigenvalue weighted by Crippen LogP contribution is -2.24. The zero-order valence-electron chi connectivity index (χ0n) is 6.37. The number of aliphatic hydroxyl groups excluding tert-OH is 1. The van der Waals surface area contributed by atoms with E-state index in [2.05, 4.69) is 4.99 Å². The monoisotopic (exact) mass is 143 g/mol. The van der Waals surface area contributed by atoms with E-state index >= 15 is 0 Å². The Balaban J connectivity index is 2.44. The fraction of sp³-hybridized carbons (Fsp3) is 0.857. The number of aliphatic hydroxyl groups is 1. The van der Waals surface area contributed by atoms with Crippen LogP contribution in [0, 0.1) is 0 Å². The van der Waals surface area contributed by atoms with E-state index in [0.29, 0.717) is 12.5 Å². The molecule has 2 atom stereocenters. The molecule has 1 unspecified atom stereocenters. The van der Waals surface area contributed by atoms with Gasteiger partial charge in [0.05, 0.1) is 6.10 Å². The summed E-state index contributed by atoms with van der Waals surface area (Å²) in [5, 5.41) is 9.29. The molecule has 0 amide bonds. The predicted molar refractivity (Wildman–Crippen MR) is 39.1 cm³/mol. The van der Waals surface area contributed by atoms with Gasteiger partial charge in [0.25, 0.3) is 0 Å². The first-order valence-corrected chi connectivity index (χ1v) is 3.59. The molecule has 3 nitrogen and oxygen atoms in total. The van der Waals surface area contributed by atoms with Crippen LogP contribution in [0.3, 0.4) is 0 Å². The molecular formula is C7H13NO2. The Bertz CT molecular complexity index is 145. The molecule has 0 aliphatic carbocycles. The van der Waals surface area contributed by atoms with Gasteiger partial charge in [0.1, 0.15) is 12.6 Å². The van der Waals surface area contributed by atoms with Gasteiger partial charge in [-0.2, -0.15) is 0 Å². The second-order valence-corrected chi connectivity index (χ2v) is 2.50. The molecule has 1 rings (SSSR count). The molecule has 0 spiro atoms. The first-order valence-electron chi connectivity index (χ1n) is 3.59. The summed E-state index contributed by atoms with van der Waals surface area (Å²) in [5.74, 6) is 0.692. The fourth-order valence-electron chi connectivity index (χ4n) is 0.983. The zero-order chi connectivity index (χ0) is 7.56. The molecule has 0 bridgehead atoms. The molecule has 1 heterocycles. The molecule has 0 saturated heterocycles. The van der Waals surface area contributed by atoms with Crippen LogP contribution in [-0.4, -0.2) is 29.8 Å². The molecule has 0 aromatic heterocycles. The minimum Gasteiger partial charge on any atom is -0.479 e. The summed E-state index contributed by atoms with van der Waals surface area (Å²) in [4.78, 5) is 4.10. The number of rotatable bonds is 2. The van der Waals surface area contributed by atoms with Crippen LogP contribution < -0.4 is 0 Å². The topological polar surface area (TPSA) is 41.8 Å².